The third kappa shape index (κ3) is 3.05. The molecule has 1 aromatic heterocycles. The first-order valence-electron chi connectivity index (χ1n) is 5.48. The van der Waals surface area contributed by atoms with Gasteiger partial charge in [-0.2, -0.15) is 0 Å². The number of hydrogen-bond acceptors (Lipinski definition) is 3. The fraction of sp³-hybridized carbons (Fsp3) is 0.333. The van der Waals surface area contributed by atoms with Crippen molar-refractivity contribution in [2.24, 2.45) is 7.05 Å². The number of hydrogen-bond donors (Lipinski definition) is 1. The summed E-state index contributed by atoms with van der Waals surface area (Å²) in [6.07, 6.45) is 1.70. The fourth-order valence-corrected chi connectivity index (χ4v) is 1.80. The molecule has 0 saturated heterocycles. The van der Waals surface area contributed by atoms with E-state index in [1.807, 2.05) is 29.8 Å². The number of benzene rings is 1. The molecule has 2 aromatic rings. The van der Waals surface area contributed by atoms with E-state index in [0.717, 1.165) is 10.8 Å². The lowest BCUT2D eigenvalue weighted by Crippen LogP contribution is -2.20. The summed E-state index contributed by atoms with van der Waals surface area (Å²) < 4.78 is 1.90. The van der Waals surface area contributed by atoms with E-state index in [0.29, 0.717) is 6.54 Å². The molecule has 0 saturated carbocycles. The molecule has 0 spiro atoms. The van der Waals surface area contributed by atoms with Crippen LogP contribution in [-0.2, 0) is 13.6 Å². The maximum Gasteiger partial charge on any atom is 0.146 e. The van der Waals surface area contributed by atoms with Gasteiger partial charge < -0.3 is 9.88 Å². The third-order valence-electron chi connectivity index (χ3n) is 2.72. The van der Waals surface area contributed by atoms with Gasteiger partial charge in [-0.15, -0.1) is 10.2 Å². The Kier molecular flexibility index (Phi) is 3.76. The lowest BCUT2D eigenvalue weighted by Gasteiger charge is -2.13. The Balaban J connectivity index is 1.98. The Morgan fingerprint density at radius 2 is 2.29 bits per heavy atom. The van der Waals surface area contributed by atoms with Crippen LogP contribution < -0.4 is 5.32 Å². The van der Waals surface area contributed by atoms with Crippen molar-refractivity contribution in [1.29, 1.82) is 0 Å². The zero-order chi connectivity index (χ0) is 12.3. The van der Waals surface area contributed by atoms with Gasteiger partial charge in [0.2, 0.25) is 0 Å². The zero-order valence-corrected chi connectivity index (χ0v) is 10.6. The predicted molar refractivity (Wildman–Crippen MR) is 67.7 cm³/mol. The Labute approximate surface area is 106 Å². The molecule has 90 valence electrons. The van der Waals surface area contributed by atoms with Crippen molar-refractivity contribution in [2.75, 3.05) is 0 Å². The van der Waals surface area contributed by atoms with Crippen molar-refractivity contribution in [3.05, 3.63) is 47.0 Å². The molecule has 4 nitrogen and oxygen atoms in total. The lowest BCUT2D eigenvalue weighted by molar-refractivity contribution is 0.548. The Morgan fingerprint density at radius 3 is 2.94 bits per heavy atom. The molecule has 0 amide bonds. The van der Waals surface area contributed by atoms with Crippen LogP contribution in [0.2, 0.25) is 5.02 Å². The van der Waals surface area contributed by atoms with Crippen LogP contribution in [0.5, 0.6) is 0 Å². The minimum absolute atomic E-state index is 0.227. The molecule has 0 aliphatic heterocycles. The smallest absolute Gasteiger partial charge is 0.146 e. The highest BCUT2D eigenvalue weighted by atomic mass is 35.5. The van der Waals surface area contributed by atoms with Gasteiger partial charge in [-0.1, -0.05) is 23.7 Å². The molecule has 1 N–H and O–H groups in total. The van der Waals surface area contributed by atoms with Crippen molar-refractivity contribution in [3.63, 3.8) is 0 Å². The van der Waals surface area contributed by atoms with E-state index in [1.54, 1.807) is 6.33 Å². The molecule has 5 heteroatoms. The monoisotopic (exact) mass is 250 g/mol. The van der Waals surface area contributed by atoms with Gasteiger partial charge in [-0.25, -0.2) is 0 Å². The lowest BCUT2D eigenvalue weighted by atomic mass is 10.1. The quantitative estimate of drug-likeness (QED) is 0.906. The van der Waals surface area contributed by atoms with E-state index >= 15 is 0 Å². The summed E-state index contributed by atoms with van der Waals surface area (Å²) in [5.41, 5.74) is 1.17. The van der Waals surface area contributed by atoms with Crippen LogP contribution in [-0.4, -0.2) is 14.8 Å². The van der Waals surface area contributed by atoms with Gasteiger partial charge in [0.15, 0.2) is 0 Å². The van der Waals surface area contributed by atoms with Gasteiger partial charge in [0, 0.05) is 18.1 Å². The fourth-order valence-electron chi connectivity index (χ4n) is 1.61. The van der Waals surface area contributed by atoms with Crippen LogP contribution in [0.1, 0.15) is 24.4 Å². The number of nitrogens with one attached hydrogen (secondary N) is 1. The second kappa shape index (κ2) is 5.29. The van der Waals surface area contributed by atoms with Crippen LogP contribution in [0.25, 0.3) is 0 Å². The van der Waals surface area contributed by atoms with Crippen LogP contribution in [0.4, 0.5) is 0 Å². The molecule has 17 heavy (non-hydrogen) atoms. The van der Waals surface area contributed by atoms with Gasteiger partial charge >= 0.3 is 0 Å². The van der Waals surface area contributed by atoms with E-state index in [-0.39, 0.29) is 6.04 Å². The van der Waals surface area contributed by atoms with Crippen LogP contribution in [0.15, 0.2) is 30.6 Å². The maximum absolute atomic E-state index is 5.96. The van der Waals surface area contributed by atoms with Crippen LogP contribution in [0.3, 0.4) is 0 Å². The molecule has 1 heterocycles. The zero-order valence-electron chi connectivity index (χ0n) is 9.89. The van der Waals surface area contributed by atoms with Crippen LogP contribution in [0, 0.1) is 0 Å². The van der Waals surface area contributed by atoms with Crippen LogP contribution >= 0.6 is 11.6 Å². The number of nitrogens with zero attached hydrogens (tertiary/aromatic N) is 3. The maximum atomic E-state index is 5.96. The number of halogens is 1. The van der Waals surface area contributed by atoms with E-state index < -0.39 is 0 Å². The number of aromatic nitrogens is 3. The normalized spacial score (nSPS) is 12.6. The summed E-state index contributed by atoms with van der Waals surface area (Å²) >= 11 is 5.96. The summed E-state index contributed by atoms with van der Waals surface area (Å²) in [7, 11) is 1.93. The molecule has 1 aromatic carbocycles. The highest BCUT2D eigenvalue weighted by Crippen LogP contribution is 2.17. The second-order valence-corrected chi connectivity index (χ2v) is 4.45. The molecule has 0 aliphatic carbocycles. The Bertz CT molecular complexity index is 495. The predicted octanol–water partition coefficient (Wildman–Crippen LogP) is 2.32. The minimum atomic E-state index is 0.227. The summed E-state index contributed by atoms with van der Waals surface area (Å²) in [5.74, 6) is 0.916. The van der Waals surface area contributed by atoms with Crippen molar-refractivity contribution >= 4 is 11.6 Å². The standard InChI is InChI=1S/C12H15ClN4/c1-9(10-4-3-5-11(13)6-10)14-7-12-16-15-8-17(12)2/h3-6,8-9,14H,7H2,1-2H3/t9-/m0/s1. The first-order chi connectivity index (χ1) is 8.16. The van der Waals surface area contributed by atoms with Gasteiger partial charge in [-0.05, 0) is 24.6 Å². The van der Waals surface area contributed by atoms with Gasteiger partial charge in [0.1, 0.15) is 12.2 Å². The Hall–Kier alpha value is -1.39. The molecule has 0 bridgehead atoms. The minimum Gasteiger partial charge on any atom is -0.320 e. The molecule has 0 unspecified atom stereocenters. The molecule has 2 rings (SSSR count). The largest absolute Gasteiger partial charge is 0.320 e. The van der Waals surface area contributed by atoms with E-state index in [2.05, 4.69) is 28.5 Å². The Morgan fingerprint density at radius 1 is 1.47 bits per heavy atom. The number of rotatable bonds is 4. The summed E-state index contributed by atoms with van der Waals surface area (Å²) in [6, 6.07) is 8.08. The second-order valence-electron chi connectivity index (χ2n) is 4.02. The molecule has 0 fully saturated rings. The van der Waals surface area contributed by atoms with Gasteiger partial charge in [-0.3, -0.25) is 0 Å². The first kappa shape index (κ1) is 12.1. The molecule has 0 radical (unpaired) electrons. The average molecular weight is 251 g/mol. The van der Waals surface area contributed by atoms with Gasteiger partial charge in [0.05, 0.1) is 6.54 Å². The molecular weight excluding hydrogens is 236 g/mol. The first-order valence-corrected chi connectivity index (χ1v) is 5.86. The van der Waals surface area contributed by atoms with Crippen molar-refractivity contribution < 1.29 is 0 Å². The molecule has 1 atom stereocenters. The molecule has 0 aliphatic rings. The summed E-state index contributed by atoms with van der Waals surface area (Å²) in [5, 5.41) is 12.0. The van der Waals surface area contributed by atoms with Crippen molar-refractivity contribution in [1.82, 2.24) is 20.1 Å². The van der Waals surface area contributed by atoms with Crippen molar-refractivity contribution in [3.8, 4) is 0 Å². The summed E-state index contributed by atoms with van der Waals surface area (Å²) in [4.78, 5) is 0. The van der Waals surface area contributed by atoms with Gasteiger partial charge in [0.25, 0.3) is 0 Å². The highest BCUT2D eigenvalue weighted by molar-refractivity contribution is 6.30. The van der Waals surface area contributed by atoms with E-state index in [9.17, 15) is 0 Å². The third-order valence-corrected chi connectivity index (χ3v) is 2.96. The van der Waals surface area contributed by atoms with E-state index in [1.165, 1.54) is 5.56 Å². The SMILES string of the molecule is C[C@H](NCc1nncn1C)c1cccc(Cl)c1. The number of aryl methyl sites for hydroxylation is 1. The van der Waals surface area contributed by atoms with E-state index in [4.69, 9.17) is 11.6 Å². The topological polar surface area (TPSA) is 42.7 Å². The van der Waals surface area contributed by atoms with Crippen molar-refractivity contribution in [2.45, 2.75) is 19.5 Å². The average Bonchev–Trinajstić information content (AvgIpc) is 2.72. The molecular formula is C12H15ClN4. The highest BCUT2D eigenvalue weighted by Gasteiger charge is 2.07. The summed E-state index contributed by atoms with van der Waals surface area (Å²) in [6.45, 7) is 2.78.